The largest absolute Gasteiger partial charge is 0.386 e. The summed E-state index contributed by atoms with van der Waals surface area (Å²) in [5, 5.41) is 12.4. The quantitative estimate of drug-likeness (QED) is 0.724. The highest BCUT2D eigenvalue weighted by molar-refractivity contribution is 5.88. The van der Waals surface area contributed by atoms with E-state index in [2.05, 4.69) is 44.2 Å². The van der Waals surface area contributed by atoms with Crippen LogP contribution in [0.25, 0.3) is 0 Å². The lowest BCUT2D eigenvalue weighted by molar-refractivity contribution is -0.192. The van der Waals surface area contributed by atoms with Gasteiger partial charge in [-0.2, -0.15) is 0 Å². The molecule has 6 saturated carbocycles. The van der Waals surface area contributed by atoms with Crippen molar-refractivity contribution >= 4 is 5.78 Å². The van der Waals surface area contributed by atoms with Crippen LogP contribution in [0.5, 0.6) is 0 Å². The number of fused-ring (bicyclic) bond motifs is 3. The van der Waals surface area contributed by atoms with Crippen LogP contribution in [0.4, 0.5) is 0 Å². The minimum absolute atomic E-state index is 0.0317. The summed E-state index contributed by atoms with van der Waals surface area (Å²) in [5.74, 6) is 3.33. The van der Waals surface area contributed by atoms with E-state index < -0.39 is 5.60 Å². The third-order valence-corrected chi connectivity index (χ3v) is 12.8. The molecule has 0 radical (unpaired) electrons. The summed E-state index contributed by atoms with van der Waals surface area (Å²) in [4.78, 5) is 13.4. The van der Waals surface area contributed by atoms with Gasteiger partial charge in [-0.3, -0.25) is 4.79 Å². The van der Waals surface area contributed by atoms with Gasteiger partial charge in [-0.25, -0.2) is 0 Å². The number of ketones is 1. The predicted molar refractivity (Wildman–Crippen MR) is 123 cm³/mol. The second-order valence-corrected chi connectivity index (χ2v) is 13.0. The number of rotatable bonds is 3. The Labute approximate surface area is 192 Å². The third-order valence-electron chi connectivity index (χ3n) is 12.8. The van der Waals surface area contributed by atoms with E-state index in [0.717, 1.165) is 24.2 Å². The second-order valence-electron chi connectivity index (χ2n) is 13.0. The molecule has 1 N–H and O–H groups in total. The van der Waals surface area contributed by atoms with Crippen LogP contribution in [0.2, 0.25) is 0 Å². The van der Waals surface area contributed by atoms with Gasteiger partial charge in [-0.05, 0) is 90.9 Å². The zero-order valence-corrected chi connectivity index (χ0v) is 19.8. The molecule has 6 aliphatic carbocycles. The second kappa shape index (κ2) is 6.08. The van der Waals surface area contributed by atoms with Gasteiger partial charge in [0.2, 0.25) is 0 Å². The van der Waals surface area contributed by atoms with E-state index in [0.29, 0.717) is 18.3 Å². The molecule has 1 spiro atoms. The lowest BCUT2D eigenvalue weighted by atomic mass is 9.43. The van der Waals surface area contributed by atoms with Gasteiger partial charge in [0.05, 0.1) is 12.0 Å². The maximum atomic E-state index is 13.4. The molecule has 1 aromatic carbocycles. The first-order valence-corrected chi connectivity index (χ1v) is 13.1. The molecule has 0 heterocycles. The SMILES string of the molecule is CO[C@H]1CC(=O)[C@@H]2[C@@H]3[C@@H]4C[C@@H]5CC[C@H]6C[C@]5(C[C@H]6Cc5ccccc5)[C@]3(C)[C@](C)(C4)[C@@]12O. The van der Waals surface area contributed by atoms with Gasteiger partial charge in [0.15, 0.2) is 0 Å². The zero-order valence-electron chi connectivity index (χ0n) is 19.8. The van der Waals surface area contributed by atoms with Gasteiger partial charge in [0.25, 0.3) is 0 Å². The van der Waals surface area contributed by atoms with Crippen LogP contribution in [0.15, 0.2) is 30.3 Å². The summed E-state index contributed by atoms with van der Waals surface area (Å²) in [6.45, 7) is 4.91. The number of ether oxygens (including phenoxy) is 1. The van der Waals surface area contributed by atoms with Crippen LogP contribution in [-0.4, -0.2) is 29.7 Å². The Bertz CT molecular complexity index is 974. The van der Waals surface area contributed by atoms with Crippen LogP contribution in [0.1, 0.15) is 64.4 Å². The van der Waals surface area contributed by atoms with Crippen molar-refractivity contribution < 1.29 is 14.6 Å². The highest BCUT2D eigenvalue weighted by Gasteiger charge is 2.88. The Balaban J connectivity index is 1.34. The number of carbonyl (C=O) groups excluding carboxylic acids is 1. The number of benzene rings is 1. The molecule has 6 bridgehead atoms. The molecule has 7 rings (SSSR count). The van der Waals surface area contributed by atoms with Crippen molar-refractivity contribution in [1.29, 1.82) is 0 Å². The topological polar surface area (TPSA) is 46.5 Å². The molecule has 3 heteroatoms. The number of Topliss-reactive ketones (excluding diaryl/α,β-unsaturated/α-hetero) is 1. The van der Waals surface area contributed by atoms with Crippen molar-refractivity contribution in [3.05, 3.63) is 35.9 Å². The molecule has 6 aliphatic rings. The van der Waals surface area contributed by atoms with E-state index in [1.165, 1.54) is 44.1 Å². The smallest absolute Gasteiger partial charge is 0.141 e. The van der Waals surface area contributed by atoms with Crippen LogP contribution in [-0.2, 0) is 16.0 Å². The Morgan fingerprint density at radius 3 is 2.59 bits per heavy atom. The van der Waals surface area contributed by atoms with Crippen molar-refractivity contribution in [1.82, 2.24) is 0 Å². The minimum atomic E-state index is -0.983. The highest BCUT2D eigenvalue weighted by atomic mass is 16.5. The van der Waals surface area contributed by atoms with Crippen molar-refractivity contribution in [3.63, 3.8) is 0 Å². The number of aliphatic hydroxyl groups is 1. The van der Waals surface area contributed by atoms with Gasteiger partial charge in [0, 0.05) is 18.9 Å². The molecule has 11 atom stereocenters. The van der Waals surface area contributed by atoms with Crippen LogP contribution in [0.3, 0.4) is 0 Å². The molecule has 3 nitrogen and oxygen atoms in total. The Morgan fingerprint density at radius 2 is 1.84 bits per heavy atom. The summed E-state index contributed by atoms with van der Waals surface area (Å²) in [5.41, 5.74) is 0.570. The first-order valence-electron chi connectivity index (χ1n) is 13.1. The molecule has 0 aliphatic heterocycles. The lowest BCUT2D eigenvalue weighted by Crippen LogP contribution is -2.60. The predicted octanol–water partition coefficient (Wildman–Crippen LogP) is 5.05. The van der Waals surface area contributed by atoms with Crippen molar-refractivity contribution in [3.8, 4) is 0 Å². The van der Waals surface area contributed by atoms with E-state index >= 15 is 0 Å². The van der Waals surface area contributed by atoms with E-state index in [1.54, 1.807) is 7.11 Å². The van der Waals surface area contributed by atoms with Gasteiger partial charge in [-0.1, -0.05) is 44.2 Å². The number of hydrogen-bond acceptors (Lipinski definition) is 3. The molecule has 0 unspecified atom stereocenters. The average molecular weight is 435 g/mol. The number of hydrogen-bond donors (Lipinski definition) is 1. The van der Waals surface area contributed by atoms with Crippen molar-refractivity contribution in [2.75, 3.05) is 7.11 Å². The van der Waals surface area contributed by atoms with Gasteiger partial charge in [0.1, 0.15) is 11.4 Å². The molecular formula is C29H38O3. The molecule has 0 aromatic heterocycles. The first kappa shape index (κ1) is 20.2. The third kappa shape index (κ3) is 1.92. The summed E-state index contributed by atoms with van der Waals surface area (Å²) in [6, 6.07) is 11.1. The summed E-state index contributed by atoms with van der Waals surface area (Å²) >= 11 is 0. The fraction of sp³-hybridized carbons (Fsp3) is 0.759. The number of carbonyl (C=O) groups is 1. The first-order chi connectivity index (χ1) is 15.3. The van der Waals surface area contributed by atoms with Crippen LogP contribution < -0.4 is 0 Å². The monoisotopic (exact) mass is 434 g/mol. The Kier molecular flexibility index (Phi) is 3.84. The summed E-state index contributed by atoms with van der Waals surface area (Å²) in [6.07, 6.45) is 8.98. The summed E-state index contributed by atoms with van der Waals surface area (Å²) < 4.78 is 5.85. The Morgan fingerprint density at radius 1 is 1.06 bits per heavy atom. The molecule has 172 valence electrons. The normalized spacial score (nSPS) is 57.0. The van der Waals surface area contributed by atoms with E-state index in [9.17, 15) is 9.90 Å². The van der Waals surface area contributed by atoms with E-state index in [4.69, 9.17) is 4.74 Å². The van der Waals surface area contributed by atoms with E-state index in [1.807, 2.05) is 0 Å². The molecule has 6 fully saturated rings. The van der Waals surface area contributed by atoms with Gasteiger partial charge >= 0.3 is 0 Å². The average Bonchev–Trinajstić information content (AvgIpc) is 3.34. The van der Waals surface area contributed by atoms with E-state index in [-0.39, 0.29) is 34.1 Å². The molecule has 0 amide bonds. The van der Waals surface area contributed by atoms with Crippen LogP contribution >= 0.6 is 0 Å². The Hall–Kier alpha value is -1.19. The van der Waals surface area contributed by atoms with Crippen molar-refractivity contribution in [2.45, 2.75) is 76.9 Å². The number of methoxy groups -OCH3 is 1. The standard InChI is InChI=1S/C29H38O3/c1-26-14-20-12-21-10-9-18-15-28(21,16-19(18)11-17-7-5-4-6-8-17)27(26,2)24(20)25-22(30)13-23(32-3)29(25,26)31/h4-8,18-21,23-25,31H,9-16H2,1-3H3/t18-,19+,20+,21-,23-,24-,25+,26-,27-,28+,29+/m0/s1. The fourth-order valence-corrected chi connectivity index (χ4v) is 11.8. The fourth-order valence-electron chi connectivity index (χ4n) is 11.8. The molecule has 1 aromatic rings. The van der Waals surface area contributed by atoms with Gasteiger partial charge < -0.3 is 9.84 Å². The summed E-state index contributed by atoms with van der Waals surface area (Å²) in [7, 11) is 1.70. The molecular weight excluding hydrogens is 396 g/mol. The highest BCUT2D eigenvalue weighted by Crippen LogP contribution is 2.88. The molecule has 32 heavy (non-hydrogen) atoms. The van der Waals surface area contributed by atoms with Crippen molar-refractivity contribution in [2.24, 2.45) is 51.8 Å². The lowest BCUT2D eigenvalue weighted by Gasteiger charge is -2.61. The van der Waals surface area contributed by atoms with Crippen LogP contribution in [0, 0.1) is 51.8 Å². The maximum Gasteiger partial charge on any atom is 0.141 e. The minimum Gasteiger partial charge on any atom is -0.386 e. The maximum absolute atomic E-state index is 13.4. The zero-order chi connectivity index (χ0) is 22.1. The molecule has 0 saturated heterocycles. The van der Waals surface area contributed by atoms with Gasteiger partial charge in [-0.15, -0.1) is 0 Å².